The third-order valence-corrected chi connectivity index (χ3v) is 7.33. The lowest BCUT2D eigenvalue weighted by molar-refractivity contribution is -0.149. The first kappa shape index (κ1) is 24.0. The van der Waals surface area contributed by atoms with Crippen molar-refractivity contribution in [1.82, 2.24) is 9.80 Å². The molecule has 3 aliphatic heterocycles. The van der Waals surface area contributed by atoms with Crippen LogP contribution in [0.5, 0.6) is 0 Å². The van der Waals surface area contributed by atoms with Crippen LogP contribution in [0.15, 0.2) is 48.5 Å². The predicted molar refractivity (Wildman–Crippen MR) is 133 cm³/mol. The lowest BCUT2D eigenvalue weighted by Gasteiger charge is -2.31. The average molecular weight is 490 g/mol. The van der Waals surface area contributed by atoms with Crippen molar-refractivity contribution in [2.45, 2.75) is 45.2 Å². The molecule has 3 aliphatic rings. The molecule has 36 heavy (non-hydrogen) atoms. The number of carbonyl (C=O) groups is 4. The van der Waals surface area contributed by atoms with Gasteiger partial charge < -0.3 is 19.4 Å². The maximum Gasteiger partial charge on any atom is 0.310 e. The van der Waals surface area contributed by atoms with Crippen LogP contribution in [0, 0.1) is 5.92 Å². The van der Waals surface area contributed by atoms with Gasteiger partial charge in [-0.25, -0.2) is 0 Å². The van der Waals surface area contributed by atoms with Crippen LogP contribution in [0.4, 0.5) is 5.69 Å². The Labute approximate surface area is 210 Å². The van der Waals surface area contributed by atoms with E-state index in [9.17, 15) is 19.2 Å². The minimum Gasteiger partial charge on any atom is -0.466 e. The molecule has 0 N–H and O–H groups in total. The van der Waals surface area contributed by atoms with E-state index in [1.807, 2.05) is 36.4 Å². The van der Waals surface area contributed by atoms with E-state index < -0.39 is 6.04 Å². The summed E-state index contributed by atoms with van der Waals surface area (Å²) in [6, 6.07) is 14.1. The highest BCUT2D eigenvalue weighted by Gasteiger charge is 2.41. The van der Waals surface area contributed by atoms with Crippen molar-refractivity contribution < 1.29 is 23.9 Å². The summed E-state index contributed by atoms with van der Waals surface area (Å²) in [6.07, 6.45) is 2.94. The Kier molecular flexibility index (Phi) is 6.76. The lowest BCUT2D eigenvalue weighted by atomic mass is 9.97. The van der Waals surface area contributed by atoms with Crippen LogP contribution in [0.3, 0.4) is 0 Å². The van der Waals surface area contributed by atoms with E-state index in [-0.39, 0.29) is 36.2 Å². The van der Waals surface area contributed by atoms with Gasteiger partial charge in [-0.1, -0.05) is 24.3 Å². The Morgan fingerprint density at radius 3 is 2.64 bits per heavy atom. The number of hydrogen-bond donors (Lipinski definition) is 0. The number of piperidine rings is 1. The van der Waals surface area contributed by atoms with Gasteiger partial charge >= 0.3 is 5.97 Å². The maximum absolute atomic E-state index is 13.6. The van der Waals surface area contributed by atoms with Gasteiger partial charge in [-0.3, -0.25) is 19.2 Å². The zero-order chi connectivity index (χ0) is 25.2. The molecule has 0 bridgehead atoms. The van der Waals surface area contributed by atoms with E-state index in [0.717, 1.165) is 24.8 Å². The fourth-order valence-corrected chi connectivity index (χ4v) is 5.55. The summed E-state index contributed by atoms with van der Waals surface area (Å²) in [6.45, 7) is 3.90. The molecule has 2 aromatic rings. The molecular weight excluding hydrogens is 458 g/mol. The summed E-state index contributed by atoms with van der Waals surface area (Å²) in [5.41, 5.74) is 2.46. The zero-order valence-corrected chi connectivity index (χ0v) is 20.5. The Balaban J connectivity index is 1.38. The summed E-state index contributed by atoms with van der Waals surface area (Å²) < 4.78 is 5.16. The van der Waals surface area contributed by atoms with Gasteiger partial charge in [0.15, 0.2) is 0 Å². The topological polar surface area (TPSA) is 87.2 Å². The smallest absolute Gasteiger partial charge is 0.310 e. The molecule has 0 aromatic heterocycles. The third-order valence-electron chi connectivity index (χ3n) is 7.33. The monoisotopic (exact) mass is 489 g/mol. The Morgan fingerprint density at radius 1 is 1.00 bits per heavy atom. The summed E-state index contributed by atoms with van der Waals surface area (Å²) in [7, 11) is 0. The molecule has 0 radical (unpaired) electrons. The minimum absolute atomic E-state index is 0.0872. The van der Waals surface area contributed by atoms with Crippen molar-refractivity contribution in [2.24, 2.45) is 5.92 Å². The van der Waals surface area contributed by atoms with E-state index in [0.29, 0.717) is 49.5 Å². The van der Waals surface area contributed by atoms with E-state index >= 15 is 0 Å². The first-order chi connectivity index (χ1) is 17.5. The number of esters is 1. The number of amides is 3. The van der Waals surface area contributed by atoms with Crippen molar-refractivity contribution in [1.29, 1.82) is 0 Å². The van der Waals surface area contributed by atoms with Crippen LogP contribution in [0.2, 0.25) is 0 Å². The lowest BCUT2D eigenvalue weighted by Crippen LogP contribution is -2.44. The molecule has 8 heteroatoms. The Hall–Kier alpha value is -3.68. The van der Waals surface area contributed by atoms with Crippen molar-refractivity contribution in [2.75, 3.05) is 31.1 Å². The number of nitrogens with zero attached hydrogens (tertiary/aromatic N) is 3. The van der Waals surface area contributed by atoms with Gasteiger partial charge in [0, 0.05) is 25.2 Å². The van der Waals surface area contributed by atoms with E-state index in [4.69, 9.17) is 4.74 Å². The van der Waals surface area contributed by atoms with E-state index in [2.05, 4.69) is 0 Å². The number of carbonyl (C=O) groups excluding carboxylic acids is 4. The number of hydrogen-bond acceptors (Lipinski definition) is 5. The highest BCUT2D eigenvalue weighted by Crippen LogP contribution is 2.33. The number of benzene rings is 2. The molecule has 0 spiro atoms. The summed E-state index contributed by atoms with van der Waals surface area (Å²) >= 11 is 0. The summed E-state index contributed by atoms with van der Waals surface area (Å²) in [4.78, 5) is 57.4. The van der Waals surface area contributed by atoms with Crippen molar-refractivity contribution >= 4 is 29.4 Å². The summed E-state index contributed by atoms with van der Waals surface area (Å²) in [5.74, 6) is -0.878. The van der Waals surface area contributed by atoms with Crippen molar-refractivity contribution in [3.8, 4) is 0 Å². The maximum atomic E-state index is 13.6. The Morgan fingerprint density at radius 2 is 1.81 bits per heavy atom. The first-order valence-corrected chi connectivity index (χ1v) is 12.7. The van der Waals surface area contributed by atoms with Gasteiger partial charge in [0.25, 0.3) is 11.8 Å². The fourth-order valence-electron chi connectivity index (χ4n) is 5.55. The van der Waals surface area contributed by atoms with Crippen LogP contribution < -0.4 is 4.90 Å². The van der Waals surface area contributed by atoms with Gasteiger partial charge in [-0.2, -0.15) is 0 Å². The van der Waals surface area contributed by atoms with Gasteiger partial charge in [0.05, 0.1) is 30.3 Å². The van der Waals surface area contributed by atoms with E-state index in [1.54, 1.807) is 33.8 Å². The number of fused-ring (bicyclic) bond motifs is 2. The van der Waals surface area contributed by atoms with Crippen LogP contribution in [0.1, 0.15) is 58.9 Å². The van der Waals surface area contributed by atoms with Crippen LogP contribution in [-0.4, -0.2) is 65.8 Å². The normalized spacial score (nSPS) is 21.6. The number of para-hydroxylation sites is 1. The number of rotatable bonds is 5. The fraction of sp³-hybridized carbons (Fsp3) is 0.429. The first-order valence-electron chi connectivity index (χ1n) is 12.7. The molecule has 0 saturated carbocycles. The number of likely N-dealkylation sites (tertiary alicyclic amines) is 1. The highest BCUT2D eigenvalue weighted by atomic mass is 16.5. The van der Waals surface area contributed by atoms with Crippen LogP contribution >= 0.6 is 0 Å². The average Bonchev–Trinajstić information content (AvgIpc) is 3.38. The molecule has 3 amide bonds. The standard InChI is InChI=1S/C28H31N3O5/c1-2-36-28(35)21-10-6-14-29(18-21)25(32)20-9-5-8-19(16-20)17-31-23-12-4-3-11-22(23)26(33)30-15-7-13-24(30)27(31)34/h3-5,8-9,11-12,16,21,24H,2,6-7,10,13-15,17-18H2,1H3/t21-,24+/m1/s1. The molecule has 0 aliphatic carbocycles. The van der Waals surface area contributed by atoms with Gasteiger partial charge in [-0.15, -0.1) is 0 Å². The zero-order valence-electron chi connectivity index (χ0n) is 20.5. The van der Waals surface area contributed by atoms with E-state index in [1.165, 1.54) is 0 Å². The molecule has 2 aromatic carbocycles. The number of ether oxygens (including phenoxy) is 1. The van der Waals surface area contributed by atoms with Gasteiger partial charge in [0.2, 0.25) is 5.91 Å². The molecular formula is C28H31N3O5. The van der Waals surface area contributed by atoms with Gasteiger partial charge in [-0.05, 0) is 62.4 Å². The largest absolute Gasteiger partial charge is 0.466 e. The Bertz CT molecular complexity index is 1200. The molecule has 2 saturated heterocycles. The highest BCUT2D eigenvalue weighted by molar-refractivity contribution is 6.11. The van der Waals surface area contributed by atoms with Gasteiger partial charge in [0.1, 0.15) is 6.04 Å². The van der Waals surface area contributed by atoms with Crippen molar-refractivity contribution in [3.05, 3.63) is 65.2 Å². The second-order valence-corrected chi connectivity index (χ2v) is 9.64. The predicted octanol–water partition coefficient (Wildman–Crippen LogP) is 3.25. The molecule has 3 heterocycles. The molecule has 188 valence electrons. The van der Waals surface area contributed by atoms with Crippen LogP contribution in [-0.2, 0) is 20.9 Å². The molecule has 2 fully saturated rings. The second kappa shape index (κ2) is 10.1. The molecule has 8 nitrogen and oxygen atoms in total. The number of anilines is 1. The second-order valence-electron chi connectivity index (χ2n) is 9.64. The third kappa shape index (κ3) is 4.47. The molecule has 5 rings (SSSR count). The molecule has 2 atom stereocenters. The van der Waals surface area contributed by atoms with Crippen molar-refractivity contribution in [3.63, 3.8) is 0 Å². The summed E-state index contributed by atoms with van der Waals surface area (Å²) in [5, 5.41) is 0. The quantitative estimate of drug-likeness (QED) is 0.602. The minimum atomic E-state index is -0.456. The van der Waals surface area contributed by atoms with Crippen LogP contribution in [0.25, 0.3) is 0 Å². The SMILES string of the molecule is CCOC(=O)[C@@H]1CCCN(C(=O)c2cccc(CN3C(=O)[C@@H]4CCCN4C(=O)c4ccccc43)c2)C1. The molecule has 0 unspecified atom stereocenters.